The minimum atomic E-state index is -0.478. The topological polar surface area (TPSA) is 85.2 Å². The maximum atomic E-state index is 11.7. The average Bonchev–Trinajstić information content (AvgIpc) is 2.34. The molecule has 0 heterocycles. The van der Waals surface area contributed by atoms with Gasteiger partial charge in [-0.05, 0) is 24.6 Å². The standard InChI is InChI=1S/C13H15N3O2/c1-10-3-2-4-12(7-10)16-13(18)11(8-14)9-15-5-6-17/h2-4,7,9,15,17H,5-6H2,1H3,(H,16,18)/b11-9-. The molecule has 0 radical (unpaired) electrons. The van der Waals surface area contributed by atoms with Gasteiger partial charge in [0.2, 0.25) is 0 Å². The van der Waals surface area contributed by atoms with Crippen LogP contribution in [0, 0.1) is 18.3 Å². The Morgan fingerprint density at radius 3 is 2.94 bits per heavy atom. The van der Waals surface area contributed by atoms with Gasteiger partial charge in [0.25, 0.3) is 5.91 Å². The molecular formula is C13H15N3O2. The number of nitrogens with zero attached hydrogens (tertiary/aromatic N) is 1. The predicted molar refractivity (Wildman–Crippen MR) is 68.6 cm³/mol. The number of amides is 1. The lowest BCUT2D eigenvalue weighted by Crippen LogP contribution is -2.18. The van der Waals surface area contributed by atoms with Crippen LogP contribution < -0.4 is 10.6 Å². The third-order valence-electron chi connectivity index (χ3n) is 2.14. The van der Waals surface area contributed by atoms with Crippen LogP contribution in [0.3, 0.4) is 0 Å². The van der Waals surface area contributed by atoms with Crippen molar-refractivity contribution >= 4 is 11.6 Å². The van der Waals surface area contributed by atoms with Crippen molar-refractivity contribution in [1.82, 2.24) is 5.32 Å². The Hall–Kier alpha value is -2.32. The van der Waals surface area contributed by atoms with E-state index in [0.29, 0.717) is 12.2 Å². The summed E-state index contributed by atoms with van der Waals surface area (Å²) < 4.78 is 0. The van der Waals surface area contributed by atoms with Gasteiger partial charge in [-0.15, -0.1) is 0 Å². The van der Waals surface area contributed by atoms with E-state index in [-0.39, 0.29) is 12.2 Å². The first-order valence-electron chi connectivity index (χ1n) is 5.50. The Morgan fingerprint density at radius 1 is 1.56 bits per heavy atom. The molecule has 5 nitrogen and oxygen atoms in total. The maximum absolute atomic E-state index is 11.7. The zero-order valence-electron chi connectivity index (χ0n) is 10.1. The van der Waals surface area contributed by atoms with Crippen LogP contribution in [-0.4, -0.2) is 24.2 Å². The van der Waals surface area contributed by atoms with Crippen molar-refractivity contribution in [2.24, 2.45) is 0 Å². The normalized spacial score (nSPS) is 10.6. The molecule has 1 aromatic carbocycles. The van der Waals surface area contributed by atoms with Gasteiger partial charge in [0, 0.05) is 18.4 Å². The van der Waals surface area contributed by atoms with E-state index in [1.54, 1.807) is 12.1 Å². The molecule has 1 aromatic rings. The zero-order chi connectivity index (χ0) is 13.4. The number of aryl methyl sites for hydroxylation is 1. The van der Waals surface area contributed by atoms with Crippen LogP contribution in [0.25, 0.3) is 0 Å². The number of aliphatic hydroxyl groups excluding tert-OH is 1. The smallest absolute Gasteiger partial charge is 0.267 e. The minimum absolute atomic E-state index is 0.0371. The highest BCUT2D eigenvalue weighted by Gasteiger charge is 2.08. The minimum Gasteiger partial charge on any atom is -0.395 e. The molecule has 0 aliphatic heterocycles. The van der Waals surface area contributed by atoms with Crippen LogP contribution in [0.4, 0.5) is 5.69 Å². The van der Waals surface area contributed by atoms with Gasteiger partial charge in [0.05, 0.1) is 6.61 Å². The quantitative estimate of drug-likeness (QED) is 0.409. The molecule has 0 bridgehead atoms. The lowest BCUT2D eigenvalue weighted by molar-refractivity contribution is -0.112. The Balaban J connectivity index is 2.69. The van der Waals surface area contributed by atoms with E-state index in [2.05, 4.69) is 10.6 Å². The van der Waals surface area contributed by atoms with Gasteiger partial charge in [-0.3, -0.25) is 4.79 Å². The lowest BCUT2D eigenvalue weighted by atomic mass is 10.2. The van der Waals surface area contributed by atoms with Crippen molar-refractivity contribution in [3.8, 4) is 6.07 Å². The Morgan fingerprint density at radius 2 is 2.33 bits per heavy atom. The largest absolute Gasteiger partial charge is 0.395 e. The second-order valence-electron chi connectivity index (χ2n) is 3.67. The van der Waals surface area contributed by atoms with Gasteiger partial charge in [-0.2, -0.15) is 5.26 Å². The lowest BCUT2D eigenvalue weighted by Gasteiger charge is -2.05. The van der Waals surface area contributed by atoms with Crippen molar-refractivity contribution in [1.29, 1.82) is 5.26 Å². The van der Waals surface area contributed by atoms with Gasteiger partial charge in [0.1, 0.15) is 11.6 Å². The van der Waals surface area contributed by atoms with E-state index >= 15 is 0 Å². The Kier molecular flexibility index (Phi) is 5.42. The van der Waals surface area contributed by atoms with Gasteiger partial charge < -0.3 is 15.7 Å². The Labute approximate surface area is 106 Å². The van der Waals surface area contributed by atoms with E-state index in [1.165, 1.54) is 6.20 Å². The van der Waals surface area contributed by atoms with E-state index in [9.17, 15) is 4.79 Å². The van der Waals surface area contributed by atoms with Gasteiger partial charge in [-0.1, -0.05) is 12.1 Å². The fourth-order valence-corrected chi connectivity index (χ4v) is 1.31. The average molecular weight is 245 g/mol. The highest BCUT2D eigenvalue weighted by molar-refractivity contribution is 6.06. The number of carbonyl (C=O) groups is 1. The third kappa shape index (κ3) is 4.28. The monoisotopic (exact) mass is 245 g/mol. The number of anilines is 1. The summed E-state index contributed by atoms with van der Waals surface area (Å²) >= 11 is 0. The zero-order valence-corrected chi connectivity index (χ0v) is 10.1. The molecule has 1 amide bonds. The molecular weight excluding hydrogens is 230 g/mol. The SMILES string of the molecule is Cc1cccc(NC(=O)/C(C#N)=C\NCCO)c1. The number of rotatable bonds is 5. The Bertz CT molecular complexity index is 489. The van der Waals surface area contributed by atoms with Crippen LogP contribution in [0.2, 0.25) is 0 Å². The summed E-state index contributed by atoms with van der Waals surface area (Å²) in [5.41, 5.74) is 1.63. The highest BCUT2D eigenvalue weighted by Crippen LogP contribution is 2.10. The molecule has 0 saturated heterocycles. The van der Waals surface area contributed by atoms with Gasteiger partial charge in [-0.25, -0.2) is 0 Å². The molecule has 0 spiro atoms. The van der Waals surface area contributed by atoms with Gasteiger partial charge in [0.15, 0.2) is 0 Å². The number of hydrogen-bond donors (Lipinski definition) is 3. The van der Waals surface area contributed by atoms with E-state index in [4.69, 9.17) is 10.4 Å². The van der Waals surface area contributed by atoms with E-state index in [1.807, 2.05) is 25.1 Å². The van der Waals surface area contributed by atoms with Crippen LogP contribution in [0.1, 0.15) is 5.56 Å². The molecule has 0 atom stereocenters. The van der Waals surface area contributed by atoms with Crippen molar-refractivity contribution in [3.05, 3.63) is 41.6 Å². The fraction of sp³-hybridized carbons (Fsp3) is 0.231. The summed E-state index contributed by atoms with van der Waals surface area (Å²) in [6, 6.07) is 9.11. The molecule has 0 aliphatic rings. The van der Waals surface area contributed by atoms with Crippen molar-refractivity contribution in [2.75, 3.05) is 18.5 Å². The molecule has 0 saturated carbocycles. The number of nitriles is 1. The van der Waals surface area contributed by atoms with Crippen LogP contribution in [-0.2, 0) is 4.79 Å². The first-order chi connectivity index (χ1) is 8.67. The van der Waals surface area contributed by atoms with E-state index in [0.717, 1.165) is 5.56 Å². The fourth-order valence-electron chi connectivity index (χ4n) is 1.31. The second kappa shape index (κ2) is 7.09. The molecule has 0 fully saturated rings. The third-order valence-corrected chi connectivity index (χ3v) is 2.14. The number of nitrogens with one attached hydrogen (secondary N) is 2. The molecule has 3 N–H and O–H groups in total. The maximum Gasteiger partial charge on any atom is 0.267 e. The number of benzene rings is 1. The molecule has 0 aromatic heterocycles. The van der Waals surface area contributed by atoms with Crippen molar-refractivity contribution in [3.63, 3.8) is 0 Å². The highest BCUT2D eigenvalue weighted by atomic mass is 16.3. The number of hydrogen-bond acceptors (Lipinski definition) is 4. The summed E-state index contributed by atoms with van der Waals surface area (Å²) in [5, 5.41) is 22.7. The molecule has 1 rings (SSSR count). The summed E-state index contributed by atoms with van der Waals surface area (Å²) in [6.45, 7) is 2.15. The molecule has 18 heavy (non-hydrogen) atoms. The number of aliphatic hydroxyl groups is 1. The molecule has 0 unspecified atom stereocenters. The predicted octanol–water partition coefficient (Wildman–Crippen LogP) is 0.923. The van der Waals surface area contributed by atoms with Crippen molar-refractivity contribution < 1.29 is 9.90 Å². The first-order valence-corrected chi connectivity index (χ1v) is 5.50. The summed E-state index contributed by atoms with van der Waals surface area (Å²) in [7, 11) is 0. The summed E-state index contributed by atoms with van der Waals surface area (Å²) in [6.07, 6.45) is 1.29. The van der Waals surface area contributed by atoms with Crippen LogP contribution in [0.15, 0.2) is 36.0 Å². The summed E-state index contributed by atoms with van der Waals surface area (Å²) in [5.74, 6) is -0.478. The molecule has 5 heteroatoms. The van der Waals surface area contributed by atoms with Gasteiger partial charge >= 0.3 is 0 Å². The van der Waals surface area contributed by atoms with Crippen molar-refractivity contribution in [2.45, 2.75) is 6.92 Å². The first kappa shape index (κ1) is 13.7. The van der Waals surface area contributed by atoms with E-state index < -0.39 is 5.91 Å². The van der Waals surface area contributed by atoms with Crippen LogP contribution in [0.5, 0.6) is 0 Å². The summed E-state index contributed by atoms with van der Waals surface area (Å²) in [4.78, 5) is 11.7. The number of carbonyl (C=O) groups excluding carboxylic acids is 1. The molecule has 0 aliphatic carbocycles. The second-order valence-corrected chi connectivity index (χ2v) is 3.67. The molecule has 94 valence electrons. The van der Waals surface area contributed by atoms with Crippen LogP contribution >= 0.6 is 0 Å².